The normalized spacial score (nSPS) is 19.9. The molecule has 1 saturated carbocycles. The lowest BCUT2D eigenvalue weighted by Gasteiger charge is -2.29. The van der Waals surface area contributed by atoms with Crippen LogP contribution in [0.15, 0.2) is 4.52 Å². The van der Waals surface area contributed by atoms with Crippen molar-refractivity contribution >= 4 is 0 Å². The highest BCUT2D eigenvalue weighted by molar-refractivity contribution is 5.05. The summed E-state index contributed by atoms with van der Waals surface area (Å²) >= 11 is 0. The van der Waals surface area contributed by atoms with Crippen LogP contribution in [-0.2, 0) is 12.0 Å². The molecule has 2 rings (SSSR count). The maximum absolute atomic E-state index is 6.34. The minimum Gasteiger partial charge on any atom is -0.339 e. The van der Waals surface area contributed by atoms with Gasteiger partial charge in [-0.15, -0.1) is 0 Å². The first kappa shape index (κ1) is 11.6. The van der Waals surface area contributed by atoms with Gasteiger partial charge in [-0.05, 0) is 19.3 Å². The molecule has 0 saturated heterocycles. The van der Waals surface area contributed by atoms with Gasteiger partial charge in [-0.1, -0.05) is 37.8 Å². The van der Waals surface area contributed by atoms with Crippen molar-refractivity contribution in [2.75, 3.05) is 0 Å². The number of nitrogens with two attached hydrogens (primary N) is 1. The van der Waals surface area contributed by atoms with Crippen LogP contribution in [0.25, 0.3) is 0 Å². The lowest BCUT2D eigenvalue weighted by molar-refractivity contribution is 0.273. The molecular formula is C12H21N3O. The van der Waals surface area contributed by atoms with Crippen molar-refractivity contribution in [3.63, 3.8) is 0 Å². The summed E-state index contributed by atoms with van der Waals surface area (Å²) < 4.78 is 5.24. The number of rotatable bonds is 4. The van der Waals surface area contributed by atoms with Gasteiger partial charge in [-0.25, -0.2) is 0 Å². The van der Waals surface area contributed by atoms with Gasteiger partial charge in [-0.3, -0.25) is 0 Å². The second-order valence-electron chi connectivity index (χ2n) is 4.83. The molecule has 1 fully saturated rings. The van der Waals surface area contributed by atoms with E-state index in [-0.39, 0.29) is 5.54 Å². The van der Waals surface area contributed by atoms with E-state index in [0.717, 1.165) is 43.8 Å². The molecule has 4 heteroatoms. The van der Waals surface area contributed by atoms with Crippen LogP contribution in [0.2, 0.25) is 0 Å². The quantitative estimate of drug-likeness (QED) is 0.851. The Bertz CT molecular complexity index is 329. The number of aromatic nitrogens is 2. The van der Waals surface area contributed by atoms with Crippen LogP contribution in [0.1, 0.15) is 63.6 Å². The second kappa shape index (κ2) is 4.95. The minimum absolute atomic E-state index is 0.327. The Kier molecular flexibility index (Phi) is 3.59. The molecule has 0 spiro atoms. The third-order valence-electron chi connectivity index (χ3n) is 3.40. The van der Waals surface area contributed by atoms with Crippen LogP contribution >= 0.6 is 0 Å². The summed E-state index contributed by atoms with van der Waals surface area (Å²) in [4.78, 5) is 4.44. The molecule has 4 nitrogen and oxygen atoms in total. The van der Waals surface area contributed by atoms with Crippen LogP contribution in [0.5, 0.6) is 0 Å². The Hall–Kier alpha value is -0.900. The standard InChI is InChI=1S/C12H21N3O/c1-2-3-7-10-14-11(15-16-10)12(13)8-5-4-6-9-12/h2-9,13H2,1H3. The van der Waals surface area contributed by atoms with Crippen LogP contribution in [0.4, 0.5) is 0 Å². The van der Waals surface area contributed by atoms with E-state index in [1.165, 1.54) is 19.3 Å². The Balaban J connectivity index is 2.05. The molecule has 0 atom stereocenters. The van der Waals surface area contributed by atoms with Crippen LogP contribution in [0, 0.1) is 0 Å². The van der Waals surface area contributed by atoms with Crippen molar-refractivity contribution < 1.29 is 4.52 Å². The van der Waals surface area contributed by atoms with Crippen LogP contribution in [-0.4, -0.2) is 10.1 Å². The Morgan fingerprint density at radius 3 is 2.75 bits per heavy atom. The fraction of sp³-hybridized carbons (Fsp3) is 0.833. The van der Waals surface area contributed by atoms with Gasteiger partial charge >= 0.3 is 0 Å². The molecule has 1 aliphatic rings. The first-order valence-corrected chi connectivity index (χ1v) is 6.36. The summed E-state index contributed by atoms with van der Waals surface area (Å²) in [6, 6.07) is 0. The van der Waals surface area contributed by atoms with Gasteiger partial charge < -0.3 is 10.3 Å². The zero-order chi connectivity index (χ0) is 11.4. The minimum atomic E-state index is -0.327. The van der Waals surface area contributed by atoms with Crippen molar-refractivity contribution in [3.8, 4) is 0 Å². The first-order valence-electron chi connectivity index (χ1n) is 6.36. The zero-order valence-corrected chi connectivity index (χ0v) is 10.0. The van der Waals surface area contributed by atoms with Crippen molar-refractivity contribution in [3.05, 3.63) is 11.7 Å². The maximum Gasteiger partial charge on any atom is 0.226 e. The smallest absolute Gasteiger partial charge is 0.226 e. The van der Waals surface area contributed by atoms with Gasteiger partial charge in [0, 0.05) is 6.42 Å². The van der Waals surface area contributed by atoms with Gasteiger partial charge in [0.05, 0.1) is 5.54 Å². The van der Waals surface area contributed by atoms with Crippen molar-refractivity contribution in [2.45, 2.75) is 63.8 Å². The average Bonchev–Trinajstić information content (AvgIpc) is 2.77. The monoisotopic (exact) mass is 223 g/mol. The number of hydrogen-bond donors (Lipinski definition) is 1. The lowest BCUT2D eigenvalue weighted by Crippen LogP contribution is -2.39. The number of nitrogens with zero attached hydrogens (tertiary/aromatic N) is 2. The van der Waals surface area contributed by atoms with Crippen molar-refractivity contribution in [1.29, 1.82) is 0 Å². The summed E-state index contributed by atoms with van der Waals surface area (Å²) in [5.74, 6) is 1.46. The molecule has 0 aliphatic heterocycles. The molecule has 0 radical (unpaired) electrons. The third kappa shape index (κ3) is 2.43. The van der Waals surface area contributed by atoms with Gasteiger partial charge in [0.15, 0.2) is 5.82 Å². The van der Waals surface area contributed by atoms with E-state index in [4.69, 9.17) is 10.3 Å². The molecule has 1 heterocycles. The van der Waals surface area contributed by atoms with Crippen LogP contribution < -0.4 is 5.73 Å². The summed E-state index contributed by atoms with van der Waals surface area (Å²) in [5, 5.41) is 4.05. The Labute approximate surface area is 96.6 Å². The summed E-state index contributed by atoms with van der Waals surface area (Å²) in [5.41, 5.74) is 6.01. The highest BCUT2D eigenvalue weighted by Crippen LogP contribution is 2.32. The third-order valence-corrected chi connectivity index (χ3v) is 3.40. The molecule has 1 aliphatic carbocycles. The summed E-state index contributed by atoms with van der Waals surface area (Å²) in [7, 11) is 0. The zero-order valence-electron chi connectivity index (χ0n) is 10.0. The molecule has 0 bridgehead atoms. The highest BCUT2D eigenvalue weighted by atomic mass is 16.5. The van der Waals surface area contributed by atoms with Gasteiger partial charge in [0.2, 0.25) is 5.89 Å². The maximum atomic E-state index is 6.34. The molecule has 1 aromatic heterocycles. The van der Waals surface area contributed by atoms with Gasteiger partial charge in [0.1, 0.15) is 0 Å². The second-order valence-corrected chi connectivity index (χ2v) is 4.83. The lowest BCUT2D eigenvalue weighted by atomic mass is 9.82. The molecule has 2 N–H and O–H groups in total. The van der Waals surface area contributed by atoms with E-state index in [2.05, 4.69) is 17.1 Å². The number of aryl methyl sites for hydroxylation is 1. The predicted octanol–water partition coefficient (Wildman–Crippen LogP) is 2.53. The van der Waals surface area contributed by atoms with E-state index < -0.39 is 0 Å². The fourth-order valence-electron chi connectivity index (χ4n) is 2.29. The SMILES string of the molecule is CCCCc1nc(C2(N)CCCCC2)no1. The van der Waals surface area contributed by atoms with E-state index in [0.29, 0.717) is 0 Å². The molecule has 16 heavy (non-hydrogen) atoms. The predicted molar refractivity (Wildman–Crippen MR) is 61.9 cm³/mol. The van der Waals surface area contributed by atoms with Gasteiger partial charge in [-0.2, -0.15) is 4.98 Å². The largest absolute Gasteiger partial charge is 0.339 e. The number of hydrogen-bond acceptors (Lipinski definition) is 4. The average molecular weight is 223 g/mol. The molecule has 0 unspecified atom stereocenters. The topological polar surface area (TPSA) is 64.9 Å². The first-order chi connectivity index (χ1) is 7.74. The molecule has 0 amide bonds. The van der Waals surface area contributed by atoms with E-state index in [1.54, 1.807) is 0 Å². The fourth-order valence-corrected chi connectivity index (χ4v) is 2.29. The Morgan fingerprint density at radius 2 is 2.06 bits per heavy atom. The summed E-state index contributed by atoms with van der Waals surface area (Å²) in [6.45, 7) is 2.16. The molecule has 0 aromatic carbocycles. The molecule has 1 aromatic rings. The highest BCUT2D eigenvalue weighted by Gasteiger charge is 2.34. The van der Waals surface area contributed by atoms with Crippen LogP contribution in [0.3, 0.4) is 0 Å². The Morgan fingerprint density at radius 1 is 1.31 bits per heavy atom. The van der Waals surface area contributed by atoms with E-state index in [1.807, 2.05) is 0 Å². The van der Waals surface area contributed by atoms with Gasteiger partial charge in [0.25, 0.3) is 0 Å². The van der Waals surface area contributed by atoms with Crippen molar-refractivity contribution in [2.24, 2.45) is 5.73 Å². The molecular weight excluding hydrogens is 202 g/mol. The van der Waals surface area contributed by atoms with E-state index in [9.17, 15) is 0 Å². The molecule has 90 valence electrons. The van der Waals surface area contributed by atoms with E-state index >= 15 is 0 Å². The summed E-state index contributed by atoms with van der Waals surface area (Å²) in [6.07, 6.45) is 8.72. The number of unbranched alkanes of at least 4 members (excludes halogenated alkanes) is 1. The van der Waals surface area contributed by atoms with Crippen molar-refractivity contribution in [1.82, 2.24) is 10.1 Å².